The Morgan fingerprint density at radius 1 is 1.14 bits per heavy atom. The molecular weight excluding hydrogens is 472 g/mol. The first-order valence-corrected chi connectivity index (χ1v) is 12.1. The number of rotatable bonds is 7. The molecule has 0 radical (unpaired) electrons. The maximum atomic E-state index is 13.5. The van der Waals surface area contributed by atoms with Crippen molar-refractivity contribution < 1.29 is 27.5 Å². The van der Waals surface area contributed by atoms with E-state index in [2.05, 4.69) is 4.98 Å². The van der Waals surface area contributed by atoms with Gasteiger partial charge in [-0.15, -0.1) is 0 Å². The van der Waals surface area contributed by atoms with Gasteiger partial charge in [0, 0.05) is 24.5 Å². The van der Waals surface area contributed by atoms with Crippen molar-refractivity contribution in [2.24, 2.45) is 5.14 Å². The fraction of sp³-hybridized carbons (Fsp3) is 0.167. The number of nitrogens with zero attached hydrogens (tertiary/aromatic N) is 3. The molecule has 1 saturated heterocycles. The van der Waals surface area contributed by atoms with E-state index in [4.69, 9.17) is 9.88 Å². The van der Waals surface area contributed by atoms with Gasteiger partial charge in [-0.1, -0.05) is 12.1 Å². The number of anilines is 1. The van der Waals surface area contributed by atoms with Gasteiger partial charge in [0.1, 0.15) is 11.8 Å². The number of carbonyl (C=O) groups is 3. The number of hydrogen-bond donors (Lipinski definition) is 1. The van der Waals surface area contributed by atoms with Crippen molar-refractivity contribution in [3.05, 3.63) is 84.2 Å². The molecule has 10 nitrogen and oxygen atoms in total. The molecule has 1 atom stereocenters. The van der Waals surface area contributed by atoms with E-state index >= 15 is 0 Å². The van der Waals surface area contributed by atoms with Gasteiger partial charge in [-0.2, -0.15) is 0 Å². The maximum absolute atomic E-state index is 13.5. The lowest BCUT2D eigenvalue weighted by molar-refractivity contribution is -0.122. The van der Waals surface area contributed by atoms with Gasteiger partial charge in [0.15, 0.2) is 0 Å². The summed E-state index contributed by atoms with van der Waals surface area (Å²) in [6.07, 6.45) is 2.94. The molecule has 2 heterocycles. The Morgan fingerprint density at radius 3 is 2.51 bits per heavy atom. The highest BCUT2D eigenvalue weighted by molar-refractivity contribution is 7.89. The number of imide groups is 1. The van der Waals surface area contributed by atoms with Gasteiger partial charge < -0.3 is 9.64 Å². The minimum Gasteiger partial charge on any atom is -0.497 e. The largest absolute Gasteiger partial charge is 0.497 e. The summed E-state index contributed by atoms with van der Waals surface area (Å²) in [5.74, 6) is -1.09. The zero-order valence-corrected chi connectivity index (χ0v) is 19.5. The summed E-state index contributed by atoms with van der Waals surface area (Å²) in [5.41, 5.74) is 1.16. The van der Waals surface area contributed by atoms with Crippen LogP contribution in [0.2, 0.25) is 0 Å². The van der Waals surface area contributed by atoms with Crippen LogP contribution in [0.15, 0.2) is 78.0 Å². The molecule has 1 unspecified atom stereocenters. The number of primary sulfonamides is 1. The minimum atomic E-state index is -3.93. The first kappa shape index (κ1) is 24.0. The summed E-state index contributed by atoms with van der Waals surface area (Å²) in [7, 11) is -2.45. The van der Waals surface area contributed by atoms with Crippen molar-refractivity contribution in [2.75, 3.05) is 12.0 Å². The number of pyridine rings is 1. The Bertz CT molecular complexity index is 1380. The van der Waals surface area contributed by atoms with Crippen molar-refractivity contribution in [3.8, 4) is 5.75 Å². The van der Waals surface area contributed by atoms with Crippen LogP contribution in [0.4, 0.5) is 5.69 Å². The van der Waals surface area contributed by atoms with Crippen LogP contribution in [0.5, 0.6) is 5.75 Å². The lowest BCUT2D eigenvalue weighted by atomic mass is 10.1. The quantitative estimate of drug-likeness (QED) is 0.493. The molecule has 3 aromatic rings. The predicted molar refractivity (Wildman–Crippen MR) is 126 cm³/mol. The van der Waals surface area contributed by atoms with Gasteiger partial charge in [0.05, 0.1) is 24.1 Å². The Morgan fingerprint density at radius 2 is 1.89 bits per heavy atom. The van der Waals surface area contributed by atoms with Crippen molar-refractivity contribution in [1.82, 2.24) is 9.88 Å². The first-order chi connectivity index (χ1) is 16.7. The number of hydrogen-bond acceptors (Lipinski definition) is 7. The monoisotopic (exact) mass is 494 g/mol. The SMILES string of the molecule is COc1cccc(C(=O)N(Cc2cccnc2)C2CC(=O)N(c3ccc(S(N)(=O)=O)cc3)C2=O)c1. The van der Waals surface area contributed by atoms with Crippen molar-refractivity contribution in [3.63, 3.8) is 0 Å². The van der Waals surface area contributed by atoms with Crippen LogP contribution in [0, 0.1) is 0 Å². The number of aromatic nitrogens is 1. The number of benzene rings is 2. The van der Waals surface area contributed by atoms with Gasteiger partial charge in [0.2, 0.25) is 15.9 Å². The van der Waals surface area contributed by atoms with Crippen LogP contribution in [0.25, 0.3) is 0 Å². The second kappa shape index (κ2) is 9.65. The van der Waals surface area contributed by atoms with Crippen LogP contribution >= 0.6 is 0 Å². The standard InChI is InChI=1S/C24H22N4O6S/c1-34-19-6-2-5-17(12-19)23(30)27(15-16-4-3-11-26-14-16)21-13-22(29)28(24(21)31)18-7-9-20(10-8-18)35(25,32)33/h2-12,14,21H,13,15H2,1H3,(H2,25,32,33). The normalized spacial score (nSPS) is 15.8. The van der Waals surface area contributed by atoms with E-state index in [1.807, 2.05) is 0 Å². The van der Waals surface area contributed by atoms with Gasteiger partial charge in [0.25, 0.3) is 11.8 Å². The minimum absolute atomic E-state index is 0.0474. The predicted octanol–water partition coefficient (Wildman–Crippen LogP) is 1.71. The van der Waals surface area contributed by atoms with Crippen molar-refractivity contribution in [2.45, 2.75) is 23.9 Å². The highest BCUT2D eigenvalue weighted by Gasteiger charge is 2.44. The molecule has 180 valence electrons. The molecule has 3 amide bonds. The third-order valence-corrected chi connectivity index (χ3v) is 6.50. The number of carbonyl (C=O) groups excluding carboxylic acids is 3. The van der Waals surface area contributed by atoms with Crippen LogP contribution in [0.1, 0.15) is 22.3 Å². The van der Waals surface area contributed by atoms with E-state index in [1.54, 1.807) is 48.8 Å². The van der Waals surface area contributed by atoms with E-state index in [-0.39, 0.29) is 23.5 Å². The molecule has 2 N–H and O–H groups in total. The van der Waals surface area contributed by atoms with Gasteiger partial charge in [-0.05, 0) is 54.1 Å². The molecule has 0 bridgehead atoms. The molecule has 1 fully saturated rings. The van der Waals surface area contributed by atoms with Crippen LogP contribution in [0.3, 0.4) is 0 Å². The Labute approximate surface area is 202 Å². The first-order valence-electron chi connectivity index (χ1n) is 10.5. The topological polar surface area (TPSA) is 140 Å². The Balaban J connectivity index is 1.68. The number of nitrogens with two attached hydrogens (primary N) is 1. The molecule has 35 heavy (non-hydrogen) atoms. The van der Waals surface area contributed by atoms with Gasteiger partial charge >= 0.3 is 0 Å². The molecule has 1 aliphatic rings. The molecule has 0 spiro atoms. The number of ether oxygens (including phenoxy) is 1. The number of methoxy groups -OCH3 is 1. The molecule has 0 aliphatic carbocycles. The average molecular weight is 495 g/mol. The second-order valence-corrected chi connectivity index (χ2v) is 9.41. The van der Waals surface area contributed by atoms with Gasteiger partial charge in [-0.3, -0.25) is 19.4 Å². The lowest BCUT2D eigenvalue weighted by Gasteiger charge is -2.28. The molecule has 1 aliphatic heterocycles. The summed E-state index contributed by atoms with van der Waals surface area (Å²) < 4.78 is 28.3. The number of sulfonamides is 1. The Kier molecular flexibility index (Phi) is 6.63. The zero-order valence-electron chi connectivity index (χ0n) is 18.7. The van der Waals surface area contributed by atoms with Gasteiger partial charge in [-0.25, -0.2) is 18.5 Å². The lowest BCUT2D eigenvalue weighted by Crippen LogP contribution is -2.45. The van der Waals surface area contributed by atoms with Crippen LogP contribution in [-0.4, -0.2) is 49.2 Å². The molecular formula is C24H22N4O6S. The van der Waals surface area contributed by atoms with E-state index < -0.39 is 33.8 Å². The highest BCUT2D eigenvalue weighted by Crippen LogP contribution is 2.29. The van der Waals surface area contributed by atoms with Crippen LogP contribution in [-0.2, 0) is 26.2 Å². The summed E-state index contributed by atoms with van der Waals surface area (Å²) >= 11 is 0. The maximum Gasteiger partial charge on any atom is 0.257 e. The average Bonchev–Trinajstić information content (AvgIpc) is 3.15. The summed E-state index contributed by atoms with van der Waals surface area (Å²) in [6.45, 7) is 0.0474. The van der Waals surface area contributed by atoms with Crippen molar-refractivity contribution >= 4 is 33.4 Å². The Hall–Kier alpha value is -4.09. The van der Waals surface area contributed by atoms with E-state index in [1.165, 1.54) is 36.3 Å². The molecule has 1 aromatic heterocycles. The molecule has 0 saturated carbocycles. The summed E-state index contributed by atoms with van der Waals surface area (Å²) in [4.78, 5) is 46.1. The second-order valence-electron chi connectivity index (χ2n) is 7.85. The van der Waals surface area contributed by atoms with Crippen molar-refractivity contribution in [1.29, 1.82) is 0 Å². The summed E-state index contributed by atoms with van der Waals surface area (Å²) in [5, 5.41) is 5.13. The fourth-order valence-corrected chi connectivity index (χ4v) is 4.36. The molecule has 4 rings (SSSR count). The smallest absolute Gasteiger partial charge is 0.257 e. The third kappa shape index (κ3) is 5.05. The molecule has 11 heteroatoms. The summed E-state index contributed by atoms with van der Waals surface area (Å²) in [6, 6.07) is 14.0. The number of amides is 3. The fourth-order valence-electron chi connectivity index (χ4n) is 3.85. The van der Waals surface area contributed by atoms with E-state index in [0.29, 0.717) is 16.9 Å². The molecule has 2 aromatic carbocycles. The van der Waals surface area contributed by atoms with Crippen LogP contribution < -0.4 is 14.8 Å². The highest BCUT2D eigenvalue weighted by atomic mass is 32.2. The van der Waals surface area contributed by atoms with E-state index in [0.717, 1.165) is 4.90 Å². The third-order valence-electron chi connectivity index (χ3n) is 5.58. The van der Waals surface area contributed by atoms with E-state index in [9.17, 15) is 22.8 Å². The zero-order chi connectivity index (χ0) is 25.2.